The molecular formula is C28H22N2O10. The van der Waals surface area contributed by atoms with E-state index in [4.69, 9.17) is 9.47 Å². The molecule has 2 heterocycles. The molecule has 4 N–H and O–H groups in total. The van der Waals surface area contributed by atoms with Crippen molar-refractivity contribution in [1.29, 1.82) is 0 Å². The highest BCUT2D eigenvalue weighted by molar-refractivity contribution is 6.33. The van der Waals surface area contributed by atoms with Gasteiger partial charge < -0.3 is 29.9 Å². The highest BCUT2D eigenvalue weighted by atomic mass is 16.5. The van der Waals surface area contributed by atoms with Crippen molar-refractivity contribution in [3.05, 3.63) is 82.2 Å². The van der Waals surface area contributed by atoms with Crippen molar-refractivity contribution in [1.82, 2.24) is 9.13 Å². The van der Waals surface area contributed by atoms with Crippen molar-refractivity contribution in [3.8, 4) is 34.6 Å². The van der Waals surface area contributed by atoms with Crippen LogP contribution in [0.1, 0.15) is 66.7 Å². The van der Waals surface area contributed by atoms with Crippen molar-refractivity contribution in [2.24, 2.45) is 0 Å². The Kier molecular flexibility index (Phi) is 6.30. The van der Waals surface area contributed by atoms with Crippen LogP contribution in [0.25, 0.3) is 11.4 Å². The van der Waals surface area contributed by atoms with Gasteiger partial charge in [0.15, 0.2) is 0 Å². The zero-order valence-corrected chi connectivity index (χ0v) is 21.2. The molecule has 12 heteroatoms. The molecule has 1 aliphatic carbocycles. The Morgan fingerprint density at radius 3 is 1.25 bits per heavy atom. The third-order valence-corrected chi connectivity index (χ3v) is 6.35. The minimum atomic E-state index is -1.09. The fourth-order valence-electron chi connectivity index (χ4n) is 4.73. The van der Waals surface area contributed by atoms with Gasteiger partial charge in [0.05, 0.1) is 24.3 Å². The third-order valence-electron chi connectivity index (χ3n) is 6.35. The zero-order chi connectivity index (χ0) is 28.9. The molecule has 1 aliphatic rings. The van der Waals surface area contributed by atoms with E-state index in [0.29, 0.717) is 0 Å². The third kappa shape index (κ3) is 3.76. The number of benzene rings is 2. The summed E-state index contributed by atoms with van der Waals surface area (Å²) < 4.78 is 12.0. The van der Waals surface area contributed by atoms with Crippen LogP contribution < -0.4 is 0 Å². The number of esters is 2. The van der Waals surface area contributed by atoms with Crippen molar-refractivity contribution in [2.45, 2.75) is 13.8 Å². The van der Waals surface area contributed by atoms with Crippen LogP contribution in [-0.2, 0) is 9.47 Å². The highest BCUT2D eigenvalue weighted by Crippen LogP contribution is 2.44. The maximum absolute atomic E-state index is 14.2. The standard InChI is InChI=1S/C28H22N2O10/c1-3-39-27(37)19-17-21(29(25(19)35)13-5-9-15(31)10-6-13)24(34)18-20(28(38)40-4-2)26(36)30(22(18)23(17)33)14-7-11-16(32)12-8-14/h5-12,31-32,35-36H,3-4H2,1-2H3. The van der Waals surface area contributed by atoms with E-state index in [1.54, 1.807) is 0 Å². The number of fused-ring (bicyclic) bond motifs is 2. The summed E-state index contributed by atoms with van der Waals surface area (Å²) in [6, 6.07) is 10.4. The Labute approximate surface area is 225 Å². The quantitative estimate of drug-likeness (QED) is 0.231. The molecule has 0 amide bonds. The number of nitrogens with zero attached hydrogens (tertiary/aromatic N) is 2. The second-order valence-corrected chi connectivity index (χ2v) is 8.65. The van der Waals surface area contributed by atoms with Crippen LogP contribution in [0.4, 0.5) is 0 Å². The molecule has 40 heavy (non-hydrogen) atoms. The smallest absolute Gasteiger partial charge is 0.344 e. The molecule has 2 aromatic carbocycles. The molecule has 2 aromatic heterocycles. The molecule has 5 rings (SSSR count). The van der Waals surface area contributed by atoms with E-state index in [2.05, 4.69) is 0 Å². The molecule has 0 saturated heterocycles. The summed E-state index contributed by atoms with van der Waals surface area (Å²) in [6.45, 7) is 2.82. The minimum absolute atomic E-state index is 0.103. The van der Waals surface area contributed by atoms with E-state index in [0.717, 1.165) is 9.13 Å². The molecule has 12 nitrogen and oxygen atoms in total. The van der Waals surface area contributed by atoms with Gasteiger partial charge in [0.2, 0.25) is 23.3 Å². The predicted octanol–water partition coefficient (Wildman–Crippen LogP) is 3.22. The van der Waals surface area contributed by atoms with Gasteiger partial charge in [-0.05, 0) is 62.4 Å². The summed E-state index contributed by atoms with van der Waals surface area (Å²) in [6.07, 6.45) is 0. The summed E-state index contributed by atoms with van der Waals surface area (Å²) >= 11 is 0. The molecular weight excluding hydrogens is 524 g/mol. The van der Waals surface area contributed by atoms with Gasteiger partial charge in [-0.1, -0.05) is 0 Å². The number of ketones is 2. The Bertz CT molecular complexity index is 1580. The van der Waals surface area contributed by atoms with Crippen LogP contribution in [0.3, 0.4) is 0 Å². The van der Waals surface area contributed by atoms with Crippen molar-refractivity contribution >= 4 is 23.5 Å². The van der Waals surface area contributed by atoms with Gasteiger partial charge in [-0.25, -0.2) is 9.59 Å². The second kappa shape index (κ2) is 9.66. The number of aromatic hydroxyl groups is 4. The molecule has 0 spiro atoms. The molecule has 204 valence electrons. The largest absolute Gasteiger partial charge is 0.508 e. The van der Waals surface area contributed by atoms with Crippen molar-refractivity contribution in [2.75, 3.05) is 13.2 Å². The number of phenolic OH excluding ortho intramolecular Hbond substituents is 2. The highest BCUT2D eigenvalue weighted by Gasteiger charge is 2.47. The van der Waals surface area contributed by atoms with E-state index < -0.39 is 68.9 Å². The number of carbonyl (C=O) groups excluding carboxylic acids is 4. The van der Waals surface area contributed by atoms with Crippen LogP contribution in [0.5, 0.6) is 23.3 Å². The molecule has 0 unspecified atom stereocenters. The van der Waals surface area contributed by atoms with E-state index in [1.807, 2.05) is 0 Å². The maximum atomic E-state index is 14.2. The van der Waals surface area contributed by atoms with Crippen molar-refractivity contribution < 1.29 is 49.1 Å². The lowest BCUT2D eigenvalue weighted by molar-refractivity contribution is 0.0510. The van der Waals surface area contributed by atoms with Crippen molar-refractivity contribution in [3.63, 3.8) is 0 Å². The molecule has 0 bridgehead atoms. The van der Waals surface area contributed by atoms with Gasteiger partial charge in [0, 0.05) is 11.4 Å². The first-order valence-electron chi connectivity index (χ1n) is 12.1. The first kappa shape index (κ1) is 26.1. The SMILES string of the molecule is CCOC(=O)c1c2c(n(-c3ccc(O)cc3)c1O)C(=O)c1c(C(=O)OCC)c(O)n(-c3ccc(O)cc3)c1C2=O. The topological polar surface area (TPSA) is 178 Å². The molecule has 0 fully saturated rings. The Morgan fingerprint density at radius 2 is 0.950 bits per heavy atom. The van der Waals surface area contributed by atoms with Gasteiger partial charge in [-0.15, -0.1) is 0 Å². The molecule has 0 atom stereocenters. The molecule has 0 saturated carbocycles. The second-order valence-electron chi connectivity index (χ2n) is 8.65. The number of hydrogen-bond donors (Lipinski definition) is 4. The summed E-state index contributed by atoms with van der Waals surface area (Å²) in [5.74, 6) is -5.93. The number of hydrogen-bond acceptors (Lipinski definition) is 10. The number of carbonyl (C=O) groups is 4. The Balaban J connectivity index is 1.89. The van der Waals surface area contributed by atoms with E-state index >= 15 is 0 Å². The normalized spacial score (nSPS) is 12.2. The van der Waals surface area contributed by atoms with Gasteiger partial charge in [-0.3, -0.25) is 18.7 Å². The molecule has 0 radical (unpaired) electrons. The summed E-state index contributed by atoms with van der Waals surface area (Å²) in [7, 11) is 0. The van der Waals surface area contributed by atoms with E-state index in [9.17, 15) is 39.6 Å². The predicted molar refractivity (Wildman–Crippen MR) is 137 cm³/mol. The van der Waals surface area contributed by atoms with Crippen LogP contribution in [-0.4, -0.2) is 66.3 Å². The summed E-state index contributed by atoms with van der Waals surface area (Å²) in [4.78, 5) is 54.4. The average molecular weight is 546 g/mol. The maximum Gasteiger partial charge on any atom is 0.344 e. The van der Waals surface area contributed by atoms with Gasteiger partial charge in [-0.2, -0.15) is 0 Å². The monoisotopic (exact) mass is 546 g/mol. The Hall–Kier alpha value is -5.52. The first-order chi connectivity index (χ1) is 19.1. The van der Waals surface area contributed by atoms with Crippen LogP contribution in [0.15, 0.2) is 48.5 Å². The number of phenols is 2. The molecule has 0 aliphatic heterocycles. The summed E-state index contributed by atoms with van der Waals surface area (Å²) in [5.41, 5.74) is -2.91. The number of rotatable bonds is 6. The van der Waals surface area contributed by atoms with Gasteiger partial charge in [0.1, 0.15) is 34.0 Å². The van der Waals surface area contributed by atoms with Crippen LogP contribution in [0, 0.1) is 0 Å². The fourth-order valence-corrected chi connectivity index (χ4v) is 4.73. The lowest BCUT2D eigenvalue weighted by Gasteiger charge is -2.17. The van der Waals surface area contributed by atoms with Crippen LogP contribution in [0.2, 0.25) is 0 Å². The number of aromatic nitrogens is 2. The number of ether oxygens (including phenoxy) is 2. The zero-order valence-electron chi connectivity index (χ0n) is 21.2. The minimum Gasteiger partial charge on any atom is -0.508 e. The lowest BCUT2D eigenvalue weighted by atomic mass is 9.88. The summed E-state index contributed by atoms with van der Waals surface area (Å²) in [5, 5.41) is 41.9. The lowest BCUT2D eigenvalue weighted by Crippen LogP contribution is -2.26. The van der Waals surface area contributed by atoms with E-state index in [1.165, 1.54) is 62.4 Å². The average Bonchev–Trinajstić information content (AvgIpc) is 3.41. The van der Waals surface area contributed by atoms with Gasteiger partial charge >= 0.3 is 11.9 Å². The Morgan fingerprint density at radius 1 is 0.625 bits per heavy atom. The first-order valence-corrected chi connectivity index (χ1v) is 12.1. The fraction of sp³-hybridized carbons (Fsp3) is 0.143. The van der Waals surface area contributed by atoms with Crippen LogP contribution >= 0.6 is 0 Å². The van der Waals surface area contributed by atoms with Gasteiger partial charge in [0.25, 0.3) is 0 Å². The molecule has 4 aromatic rings. The van der Waals surface area contributed by atoms with E-state index in [-0.39, 0.29) is 36.1 Å².